The number of hydrogen-bond acceptors (Lipinski definition) is 6. The quantitative estimate of drug-likeness (QED) is 0.522. The van der Waals surface area contributed by atoms with E-state index in [9.17, 15) is 19.2 Å². The molecule has 3 amide bonds. The predicted molar refractivity (Wildman–Crippen MR) is 130 cm³/mol. The van der Waals surface area contributed by atoms with Crippen LogP contribution < -0.4 is 26.0 Å². The standard InChI is InChI=1S/C24H24ClN5O5/c1-13(2)30-24(34)17-7-5-4-6-16(17)21(28-30)23(33)27-26-22(32)14-10-20(31)29(12-14)18-11-15(25)8-9-19(18)35-3/h4-9,11,13-14H,10,12H2,1-3H3,(H,26,32)(H,27,33). The fourth-order valence-corrected chi connectivity index (χ4v) is 4.16. The molecule has 0 bridgehead atoms. The van der Waals surface area contributed by atoms with Crippen LogP contribution >= 0.6 is 11.6 Å². The van der Waals surface area contributed by atoms with Gasteiger partial charge in [0.25, 0.3) is 11.5 Å². The lowest BCUT2D eigenvalue weighted by Gasteiger charge is -2.20. The number of amides is 3. The van der Waals surface area contributed by atoms with E-state index in [0.29, 0.717) is 27.2 Å². The van der Waals surface area contributed by atoms with E-state index < -0.39 is 17.7 Å². The van der Waals surface area contributed by atoms with Crippen LogP contribution in [0.3, 0.4) is 0 Å². The Balaban J connectivity index is 1.50. The Morgan fingerprint density at radius 1 is 1.11 bits per heavy atom. The maximum atomic E-state index is 12.9. The molecule has 4 rings (SSSR count). The SMILES string of the molecule is COc1ccc(Cl)cc1N1CC(C(=O)NNC(=O)c2nn(C(C)C)c(=O)c3ccccc23)CC1=O. The third-order valence-corrected chi connectivity index (χ3v) is 5.99. The fourth-order valence-electron chi connectivity index (χ4n) is 3.99. The van der Waals surface area contributed by atoms with Crippen LogP contribution in [-0.2, 0) is 9.59 Å². The zero-order chi connectivity index (χ0) is 25.3. The molecule has 1 atom stereocenters. The summed E-state index contributed by atoms with van der Waals surface area (Å²) in [5, 5.41) is 5.36. The second-order valence-corrected chi connectivity index (χ2v) is 8.84. The monoisotopic (exact) mass is 497 g/mol. The highest BCUT2D eigenvalue weighted by molar-refractivity contribution is 6.31. The number of ether oxygens (including phenoxy) is 1. The van der Waals surface area contributed by atoms with Gasteiger partial charge < -0.3 is 9.64 Å². The molecule has 1 aliphatic heterocycles. The molecule has 0 aliphatic carbocycles. The van der Waals surface area contributed by atoms with Crippen LogP contribution in [0.25, 0.3) is 10.8 Å². The highest BCUT2D eigenvalue weighted by Gasteiger charge is 2.36. The summed E-state index contributed by atoms with van der Waals surface area (Å²) in [5.41, 5.74) is 4.91. The van der Waals surface area contributed by atoms with Gasteiger partial charge in [-0.1, -0.05) is 29.8 Å². The molecule has 0 radical (unpaired) electrons. The first-order valence-corrected chi connectivity index (χ1v) is 11.3. The molecule has 0 saturated carbocycles. The van der Waals surface area contributed by atoms with Gasteiger partial charge in [-0.15, -0.1) is 0 Å². The van der Waals surface area contributed by atoms with Crippen molar-refractivity contribution < 1.29 is 19.1 Å². The number of carbonyl (C=O) groups excluding carboxylic acids is 3. The highest BCUT2D eigenvalue weighted by atomic mass is 35.5. The second kappa shape index (κ2) is 9.75. The van der Waals surface area contributed by atoms with E-state index in [2.05, 4.69) is 16.0 Å². The minimum absolute atomic E-state index is 0.00184. The molecule has 3 aromatic rings. The van der Waals surface area contributed by atoms with Gasteiger partial charge in [-0.3, -0.25) is 30.0 Å². The summed E-state index contributed by atoms with van der Waals surface area (Å²) in [4.78, 5) is 52.4. The summed E-state index contributed by atoms with van der Waals surface area (Å²) in [6.45, 7) is 3.66. The van der Waals surface area contributed by atoms with E-state index in [4.69, 9.17) is 16.3 Å². The van der Waals surface area contributed by atoms with Gasteiger partial charge in [0.05, 0.1) is 30.1 Å². The zero-order valence-corrected chi connectivity index (χ0v) is 20.1. The Bertz CT molecular complexity index is 1390. The molecule has 10 nitrogen and oxygen atoms in total. The molecule has 2 aromatic carbocycles. The van der Waals surface area contributed by atoms with E-state index in [1.807, 2.05) is 0 Å². The number of halogens is 1. The molecular weight excluding hydrogens is 474 g/mol. The molecule has 0 spiro atoms. The normalized spacial score (nSPS) is 15.5. The van der Waals surface area contributed by atoms with Crippen molar-refractivity contribution in [2.45, 2.75) is 26.3 Å². The van der Waals surface area contributed by atoms with E-state index >= 15 is 0 Å². The maximum absolute atomic E-state index is 12.9. The zero-order valence-electron chi connectivity index (χ0n) is 19.4. The Kier molecular flexibility index (Phi) is 6.74. The third-order valence-electron chi connectivity index (χ3n) is 5.76. The van der Waals surface area contributed by atoms with Crippen LogP contribution in [0.1, 0.15) is 36.8 Å². The van der Waals surface area contributed by atoms with Crippen molar-refractivity contribution in [1.29, 1.82) is 0 Å². The first-order chi connectivity index (χ1) is 16.7. The number of methoxy groups -OCH3 is 1. The Morgan fingerprint density at radius 2 is 1.83 bits per heavy atom. The number of aromatic nitrogens is 2. The van der Waals surface area contributed by atoms with Gasteiger partial charge in [0.2, 0.25) is 11.8 Å². The minimum Gasteiger partial charge on any atom is -0.495 e. The molecule has 182 valence electrons. The van der Waals surface area contributed by atoms with Gasteiger partial charge in [-0.05, 0) is 38.1 Å². The second-order valence-electron chi connectivity index (χ2n) is 8.40. The van der Waals surface area contributed by atoms with Crippen molar-refractivity contribution in [3.8, 4) is 5.75 Å². The summed E-state index contributed by atoms with van der Waals surface area (Å²) >= 11 is 6.08. The van der Waals surface area contributed by atoms with E-state index in [1.54, 1.807) is 56.3 Å². The van der Waals surface area contributed by atoms with Crippen molar-refractivity contribution >= 4 is 45.8 Å². The average molecular weight is 498 g/mol. The van der Waals surface area contributed by atoms with E-state index in [1.165, 1.54) is 16.7 Å². The molecule has 1 aromatic heterocycles. The first kappa shape index (κ1) is 24.2. The van der Waals surface area contributed by atoms with Crippen molar-refractivity contribution in [3.05, 3.63) is 63.5 Å². The number of rotatable bonds is 5. The number of nitrogens with one attached hydrogen (secondary N) is 2. The molecule has 1 aliphatic rings. The number of hydrazine groups is 1. The van der Waals surface area contributed by atoms with Crippen LogP contribution in [0.15, 0.2) is 47.3 Å². The maximum Gasteiger partial charge on any atom is 0.290 e. The number of hydrogen-bond donors (Lipinski definition) is 2. The van der Waals surface area contributed by atoms with Crippen molar-refractivity contribution in [2.75, 3.05) is 18.6 Å². The lowest BCUT2D eigenvalue weighted by molar-refractivity contribution is -0.126. The minimum atomic E-state index is -0.708. The van der Waals surface area contributed by atoms with Crippen molar-refractivity contribution in [2.24, 2.45) is 5.92 Å². The molecular formula is C24H24ClN5O5. The summed E-state index contributed by atoms with van der Waals surface area (Å²) < 4.78 is 6.54. The fraction of sp³-hybridized carbons (Fsp3) is 0.292. The summed E-state index contributed by atoms with van der Waals surface area (Å²) in [5.74, 6) is -1.73. The molecule has 1 unspecified atom stereocenters. The lowest BCUT2D eigenvalue weighted by Crippen LogP contribution is -2.46. The number of nitrogens with zero attached hydrogens (tertiary/aromatic N) is 3. The van der Waals surface area contributed by atoms with Crippen LogP contribution in [0.2, 0.25) is 5.02 Å². The van der Waals surface area contributed by atoms with Crippen LogP contribution in [-0.4, -0.2) is 41.2 Å². The van der Waals surface area contributed by atoms with Crippen molar-refractivity contribution in [1.82, 2.24) is 20.6 Å². The average Bonchev–Trinajstić information content (AvgIpc) is 3.24. The van der Waals surface area contributed by atoms with Gasteiger partial charge in [0.1, 0.15) is 5.75 Å². The van der Waals surface area contributed by atoms with E-state index in [0.717, 1.165) is 0 Å². The molecule has 1 fully saturated rings. The van der Waals surface area contributed by atoms with Gasteiger partial charge in [-0.2, -0.15) is 5.10 Å². The predicted octanol–water partition coefficient (Wildman–Crippen LogP) is 2.45. The number of carbonyl (C=O) groups is 3. The van der Waals surface area contributed by atoms with Crippen LogP contribution in [0.5, 0.6) is 5.75 Å². The molecule has 35 heavy (non-hydrogen) atoms. The van der Waals surface area contributed by atoms with Gasteiger partial charge >= 0.3 is 0 Å². The lowest BCUT2D eigenvalue weighted by atomic mass is 10.1. The molecule has 2 N–H and O–H groups in total. The van der Waals surface area contributed by atoms with Gasteiger partial charge in [0.15, 0.2) is 5.69 Å². The number of anilines is 1. The van der Waals surface area contributed by atoms with Crippen molar-refractivity contribution in [3.63, 3.8) is 0 Å². The van der Waals surface area contributed by atoms with Crippen LogP contribution in [0, 0.1) is 5.92 Å². The largest absolute Gasteiger partial charge is 0.495 e. The Labute approximate surface area is 205 Å². The Morgan fingerprint density at radius 3 is 2.51 bits per heavy atom. The summed E-state index contributed by atoms with van der Waals surface area (Å²) in [7, 11) is 1.48. The summed E-state index contributed by atoms with van der Waals surface area (Å²) in [6, 6.07) is 11.3. The smallest absolute Gasteiger partial charge is 0.290 e. The third kappa shape index (κ3) is 4.69. The molecule has 11 heteroatoms. The topological polar surface area (TPSA) is 123 Å². The number of benzene rings is 2. The summed E-state index contributed by atoms with van der Waals surface area (Å²) in [6.07, 6.45) is -0.0449. The Hall–Kier alpha value is -3.92. The number of fused-ring (bicyclic) bond motifs is 1. The molecule has 2 heterocycles. The van der Waals surface area contributed by atoms with Gasteiger partial charge in [0, 0.05) is 23.4 Å². The molecule has 1 saturated heterocycles. The van der Waals surface area contributed by atoms with E-state index in [-0.39, 0.29) is 36.2 Å². The highest BCUT2D eigenvalue weighted by Crippen LogP contribution is 2.35. The first-order valence-electron chi connectivity index (χ1n) is 11.0. The van der Waals surface area contributed by atoms with Gasteiger partial charge in [-0.25, -0.2) is 4.68 Å². The van der Waals surface area contributed by atoms with Crippen LogP contribution in [0.4, 0.5) is 5.69 Å².